The first-order valence-corrected chi connectivity index (χ1v) is 9.33. The van der Waals surface area contributed by atoms with Gasteiger partial charge in [0, 0.05) is 16.8 Å². The number of hydrogen-bond donors (Lipinski definition) is 1. The first-order valence-electron chi connectivity index (χ1n) is 8.13. The number of fused-ring (bicyclic) bond motifs is 1. The second kappa shape index (κ2) is 6.72. The van der Waals surface area contributed by atoms with Gasteiger partial charge in [0.15, 0.2) is 16.5 Å². The zero-order valence-electron chi connectivity index (χ0n) is 14.6. The van der Waals surface area contributed by atoms with Gasteiger partial charge in [-0.15, -0.1) is 0 Å². The van der Waals surface area contributed by atoms with Crippen LogP contribution in [0.15, 0.2) is 47.4 Å². The number of phenolic OH excluding ortho intramolecular Hbond substituents is 1. The topological polar surface area (TPSA) is 63.8 Å². The Bertz CT molecular complexity index is 1260. The van der Waals surface area contributed by atoms with Crippen molar-refractivity contribution in [1.82, 2.24) is 9.38 Å². The number of thiazole rings is 1. The van der Waals surface area contributed by atoms with Gasteiger partial charge in [-0.25, -0.2) is 4.98 Å². The molecule has 136 valence electrons. The Morgan fingerprint density at radius 2 is 2.00 bits per heavy atom. The minimum atomic E-state index is -0.132. The van der Waals surface area contributed by atoms with Gasteiger partial charge in [-0.05, 0) is 48.4 Å². The molecule has 0 radical (unpaired) electrons. The van der Waals surface area contributed by atoms with Crippen molar-refractivity contribution in [2.24, 2.45) is 0 Å². The third kappa shape index (κ3) is 3.18. The van der Waals surface area contributed by atoms with Crippen LogP contribution in [-0.2, 0) is 0 Å². The highest BCUT2D eigenvalue weighted by Gasteiger charge is 2.11. The van der Waals surface area contributed by atoms with Crippen LogP contribution in [0.4, 0.5) is 0 Å². The lowest BCUT2D eigenvalue weighted by atomic mass is 10.1. The van der Waals surface area contributed by atoms with Gasteiger partial charge in [0.2, 0.25) is 0 Å². The van der Waals surface area contributed by atoms with E-state index in [4.69, 9.17) is 16.3 Å². The molecule has 1 N–H and O–H groups in total. The summed E-state index contributed by atoms with van der Waals surface area (Å²) in [6, 6.07) is 10.8. The predicted molar refractivity (Wildman–Crippen MR) is 108 cm³/mol. The lowest BCUT2D eigenvalue weighted by Crippen LogP contribution is -2.22. The fraction of sp³-hybridized carbons (Fsp3) is 0.100. The minimum absolute atomic E-state index is 0.102. The van der Waals surface area contributed by atoms with E-state index < -0.39 is 0 Å². The second-order valence-corrected chi connectivity index (χ2v) is 7.54. The molecule has 5 nitrogen and oxygen atoms in total. The van der Waals surface area contributed by atoms with Crippen molar-refractivity contribution in [3.8, 4) is 22.8 Å². The van der Waals surface area contributed by atoms with Crippen molar-refractivity contribution in [1.29, 1.82) is 0 Å². The smallest absolute Gasteiger partial charge is 0.274 e. The van der Waals surface area contributed by atoms with E-state index in [1.165, 1.54) is 18.4 Å². The van der Waals surface area contributed by atoms with Crippen molar-refractivity contribution in [3.05, 3.63) is 73.6 Å². The summed E-state index contributed by atoms with van der Waals surface area (Å²) in [6.45, 7) is 1.78. The number of aromatic hydroxyl groups is 1. The molecule has 0 atom stereocenters. The summed E-state index contributed by atoms with van der Waals surface area (Å²) in [5, 5.41) is 10.6. The van der Waals surface area contributed by atoms with Gasteiger partial charge in [0.25, 0.3) is 5.56 Å². The Labute approximate surface area is 163 Å². The van der Waals surface area contributed by atoms with Crippen LogP contribution >= 0.6 is 22.9 Å². The summed E-state index contributed by atoms with van der Waals surface area (Å²) >= 11 is 7.24. The molecule has 0 aliphatic heterocycles. The number of benzene rings is 2. The molecule has 4 rings (SSSR count). The first-order chi connectivity index (χ1) is 13.0. The van der Waals surface area contributed by atoms with Gasteiger partial charge in [-0.3, -0.25) is 9.20 Å². The van der Waals surface area contributed by atoms with E-state index in [1.807, 2.05) is 12.1 Å². The van der Waals surface area contributed by atoms with E-state index in [9.17, 15) is 9.90 Å². The Balaban J connectivity index is 1.80. The number of rotatable bonds is 3. The third-order valence-corrected chi connectivity index (χ3v) is 5.48. The molecule has 0 spiro atoms. The zero-order valence-corrected chi connectivity index (χ0v) is 16.1. The normalized spacial score (nSPS) is 12.0. The molecule has 27 heavy (non-hydrogen) atoms. The molecule has 0 saturated carbocycles. The number of aryl methyl sites for hydroxylation is 1. The van der Waals surface area contributed by atoms with Crippen molar-refractivity contribution in [3.63, 3.8) is 0 Å². The lowest BCUT2D eigenvalue weighted by molar-refractivity contribution is 0.371. The molecule has 0 unspecified atom stereocenters. The summed E-state index contributed by atoms with van der Waals surface area (Å²) < 4.78 is 7.29. The SMILES string of the molecule is COc1cc(C=c2sc3nc(-c4ccc(Cl)cc4)cn3c2=O)cc(C)c1O. The van der Waals surface area contributed by atoms with Gasteiger partial charge < -0.3 is 9.84 Å². The first kappa shape index (κ1) is 17.6. The fourth-order valence-corrected chi connectivity index (χ4v) is 3.94. The molecule has 0 saturated heterocycles. The Morgan fingerprint density at radius 1 is 1.26 bits per heavy atom. The number of hydrogen-bond acceptors (Lipinski definition) is 5. The fourth-order valence-electron chi connectivity index (χ4n) is 2.86. The number of halogens is 1. The molecule has 2 aromatic heterocycles. The van der Waals surface area contributed by atoms with Crippen LogP contribution in [0.3, 0.4) is 0 Å². The second-order valence-electron chi connectivity index (χ2n) is 6.09. The molecule has 4 aromatic rings. The molecular weight excluding hydrogens is 384 g/mol. The quantitative estimate of drug-likeness (QED) is 0.572. The van der Waals surface area contributed by atoms with Gasteiger partial charge >= 0.3 is 0 Å². The van der Waals surface area contributed by atoms with Crippen molar-refractivity contribution >= 4 is 34.0 Å². The summed E-state index contributed by atoms with van der Waals surface area (Å²) in [4.78, 5) is 17.9. The van der Waals surface area contributed by atoms with Crippen LogP contribution in [0.1, 0.15) is 11.1 Å². The van der Waals surface area contributed by atoms with Gasteiger partial charge in [-0.2, -0.15) is 0 Å². The summed E-state index contributed by atoms with van der Waals surface area (Å²) in [5.41, 5.74) is 2.95. The zero-order chi connectivity index (χ0) is 19.1. The predicted octanol–water partition coefficient (Wildman–Crippen LogP) is 3.65. The molecule has 0 aliphatic rings. The summed E-state index contributed by atoms with van der Waals surface area (Å²) in [5.74, 6) is 0.477. The van der Waals surface area contributed by atoms with Crippen LogP contribution in [0, 0.1) is 6.92 Å². The standard InChI is InChI=1S/C20H15ClN2O3S/c1-11-7-12(8-16(26-2)18(11)24)9-17-19(25)23-10-15(22-20(23)27-17)13-3-5-14(21)6-4-13/h3-10,24H,1-2H3. The highest BCUT2D eigenvalue weighted by Crippen LogP contribution is 2.31. The van der Waals surface area contributed by atoms with Crippen LogP contribution in [0.2, 0.25) is 5.02 Å². The third-order valence-electron chi connectivity index (χ3n) is 4.25. The van der Waals surface area contributed by atoms with E-state index in [-0.39, 0.29) is 11.3 Å². The van der Waals surface area contributed by atoms with Crippen LogP contribution in [0.5, 0.6) is 11.5 Å². The maximum atomic E-state index is 12.7. The minimum Gasteiger partial charge on any atom is -0.504 e. The van der Waals surface area contributed by atoms with Crippen LogP contribution in [-0.4, -0.2) is 21.6 Å². The number of imidazole rings is 1. The number of methoxy groups -OCH3 is 1. The number of nitrogens with zero attached hydrogens (tertiary/aromatic N) is 2. The molecule has 2 heterocycles. The lowest BCUT2D eigenvalue weighted by Gasteiger charge is -2.07. The van der Waals surface area contributed by atoms with Crippen molar-refractivity contribution in [2.75, 3.05) is 7.11 Å². The maximum absolute atomic E-state index is 12.7. The number of phenols is 1. The average Bonchev–Trinajstić information content (AvgIpc) is 3.18. The molecule has 7 heteroatoms. The highest BCUT2D eigenvalue weighted by atomic mass is 35.5. The van der Waals surface area contributed by atoms with Gasteiger partial charge in [-0.1, -0.05) is 35.1 Å². The monoisotopic (exact) mass is 398 g/mol. The molecule has 0 amide bonds. The summed E-state index contributed by atoms with van der Waals surface area (Å²) in [7, 11) is 1.49. The van der Waals surface area contributed by atoms with E-state index in [0.29, 0.717) is 25.8 Å². The summed E-state index contributed by atoms with van der Waals surface area (Å²) in [6.07, 6.45) is 3.51. The number of ether oxygens (including phenoxy) is 1. The largest absolute Gasteiger partial charge is 0.504 e. The Hall–Kier alpha value is -2.83. The molecule has 2 aromatic carbocycles. The van der Waals surface area contributed by atoms with E-state index >= 15 is 0 Å². The number of aromatic nitrogens is 2. The van der Waals surface area contributed by atoms with E-state index in [1.54, 1.807) is 47.9 Å². The van der Waals surface area contributed by atoms with E-state index in [2.05, 4.69) is 4.98 Å². The maximum Gasteiger partial charge on any atom is 0.274 e. The van der Waals surface area contributed by atoms with Gasteiger partial charge in [0.05, 0.1) is 17.3 Å². The van der Waals surface area contributed by atoms with E-state index in [0.717, 1.165) is 16.8 Å². The molecular formula is C20H15ClN2O3S. The molecule has 0 bridgehead atoms. The molecule has 0 aliphatic carbocycles. The molecule has 0 fully saturated rings. The van der Waals surface area contributed by atoms with Crippen LogP contribution < -0.4 is 14.8 Å². The van der Waals surface area contributed by atoms with Gasteiger partial charge in [0.1, 0.15) is 0 Å². The van der Waals surface area contributed by atoms with Crippen molar-refractivity contribution in [2.45, 2.75) is 6.92 Å². The van der Waals surface area contributed by atoms with Crippen molar-refractivity contribution < 1.29 is 9.84 Å². The van der Waals surface area contributed by atoms with Crippen LogP contribution in [0.25, 0.3) is 22.3 Å². The Kier molecular flexibility index (Phi) is 4.37. The Morgan fingerprint density at radius 3 is 2.67 bits per heavy atom. The average molecular weight is 399 g/mol. The highest BCUT2D eigenvalue weighted by molar-refractivity contribution is 7.15.